The number of hydrogen-bond acceptors (Lipinski definition) is 3. The number of carbonyl (C=O) groups excluding carboxylic acids is 1. The van der Waals surface area contributed by atoms with Crippen molar-refractivity contribution in [3.8, 4) is 11.6 Å². The molecule has 1 heterocycles. The monoisotopic (exact) mass is 396 g/mol. The van der Waals surface area contributed by atoms with E-state index in [2.05, 4.69) is 24.0 Å². The Morgan fingerprint density at radius 2 is 1.69 bits per heavy atom. The number of benzene rings is 1. The maximum absolute atomic E-state index is 14.4. The van der Waals surface area contributed by atoms with Gasteiger partial charge in [-0.1, -0.05) is 31.9 Å². The summed E-state index contributed by atoms with van der Waals surface area (Å²) in [4.78, 5) is 17.3. The standard InChI is InChI=1S/C24H29FN2O2/c1-24(17-6-4-7-18(24)9-5-8-17)19-10-12-20(13-11-19)29-22-21(25)14-16(15-26-22)23(28)27(2)3/h10-15,17-18H,4-9H2,1-3H3. The Morgan fingerprint density at radius 1 is 1.10 bits per heavy atom. The van der Waals surface area contributed by atoms with Gasteiger partial charge in [-0.3, -0.25) is 4.79 Å². The van der Waals surface area contributed by atoms with E-state index >= 15 is 0 Å². The molecule has 0 aliphatic heterocycles. The normalized spacial score (nSPS) is 26.1. The van der Waals surface area contributed by atoms with Crippen LogP contribution in [0.3, 0.4) is 0 Å². The maximum Gasteiger partial charge on any atom is 0.255 e. The molecule has 29 heavy (non-hydrogen) atoms. The maximum atomic E-state index is 14.4. The highest BCUT2D eigenvalue weighted by molar-refractivity contribution is 5.93. The molecule has 1 aromatic carbocycles. The number of aromatic nitrogens is 1. The van der Waals surface area contributed by atoms with Gasteiger partial charge in [0.25, 0.3) is 11.8 Å². The second-order valence-corrected chi connectivity index (χ2v) is 8.88. The lowest BCUT2D eigenvalue weighted by Crippen LogP contribution is -2.45. The minimum Gasteiger partial charge on any atom is -0.436 e. The minimum absolute atomic E-state index is 0.117. The zero-order chi connectivity index (χ0) is 20.6. The third-order valence-corrected chi connectivity index (χ3v) is 7.06. The summed E-state index contributed by atoms with van der Waals surface area (Å²) in [5.41, 5.74) is 1.79. The van der Waals surface area contributed by atoms with Crippen LogP contribution in [-0.4, -0.2) is 29.9 Å². The number of nitrogens with zero attached hydrogens (tertiary/aromatic N) is 2. The highest BCUT2D eigenvalue weighted by atomic mass is 19.1. The van der Waals surface area contributed by atoms with E-state index in [1.807, 2.05) is 12.1 Å². The van der Waals surface area contributed by atoms with Crippen molar-refractivity contribution < 1.29 is 13.9 Å². The predicted molar refractivity (Wildman–Crippen MR) is 111 cm³/mol. The van der Waals surface area contributed by atoms with Gasteiger partial charge in [0.2, 0.25) is 0 Å². The van der Waals surface area contributed by atoms with Gasteiger partial charge in [-0.15, -0.1) is 0 Å². The van der Waals surface area contributed by atoms with E-state index in [0.717, 1.165) is 11.8 Å². The number of hydrogen-bond donors (Lipinski definition) is 0. The van der Waals surface area contributed by atoms with Crippen molar-refractivity contribution in [2.24, 2.45) is 11.8 Å². The van der Waals surface area contributed by atoms with Crippen LogP contribution in [0.4, 0.5) is 4.39 Å². The number of ether oxygens (including phenoxy) is 1. The Bertz CT molecular complexity index is 872. The quantitative estimate of drug-likeness (QED) is 0.678. The number of carbonyl (C=O) groups is 1. The molecule has 0 radical (unpaired) electrons. The lowest BCUT2D eigenvalue weighted by molar-refractivity contribution is 0.0666. The zero-order valence-electron chi connectivity index (χ0n) is 17.5. The van der Waals surface area contributed by atoms with Crippen molar-refractivity contribution in [1.82, 2.24) is 9.88 Å². The molecule has 0 unspecified atom stereocenters. The zero-order valence-corrected chi connectivity index (χ0v) is 17.5. The molecule has 2 saturated carbocycles. The number of pyridine rings is 1. The number of amides is 1. The molecule has 4 rings (SSSR count). The average Bonchev–Trinajstić information content (AvgIpc) is 2.69. The van der Waals surface area contributed by atoms with Crippen LogP contribution < -0.4 is 4.74 Å². The number of halogens is 1. The fourth-order valence-corrected chi connectivity index (χ4v) is 5.38. The Hall–Kier alpha value is -2.43. The largest absolute Gasteiger partial charge is 0.436 e. The first kappa shape index (κ1) is 19.9. The Balaban J connectivity index is 1.52. The molecule has 5 heteroatoms. The number of fused-ring (bicyclic) bond motifs is 2. The first-order valence-electron chi connectivity index (χ1n) is 10.5. The van der Waals surface area contributed by atoms with Crippen molar-refractivity contribution in [3.63, 3.8) is 0 Å². The van der Waals surface area contributed by atoms with Crippen LogP contribution in [0.2, 0.25) is 0 Å². The lowest BCUT2D eigenvalue weighted by atomic mass is 9.53. The molecule has 0 saturated heterocycles. The van der Waals surface area contributed by atoms with E-state index in [9.17, 15) is 9.18 Å². The topological polar surface area (TPSA) is 42.4 Å². The van der Waals surface area contributed by atoms with Gasteiger partial charge < -0.3 is 9.64 Å². The van der Waals surface area contributed by atoms with Crippen molar-refractivity contribution in [2.45, 2.75) is 50.9 Å². The van der Waals surface area contributed by atoms with Gasteiger partial charge in [-0.05, 0) is 66.7 Å². The fourth-order valence-electron chi connectivity index (χ4n) is 5.38. The average molecular weight is 397 g/mol. The molecular formula is C24H29FN2O2. The molecule has 4 nitrogen and oxygen atoms in total. The summed E-state index contributed by atoms with van der Waals surface area (Å²) in [5.74, 6) is 1.00. The summed E-state index contributed by atoms with van der Waals surface area (Å²) >= 11 is 0. The van der Waals surface area contributed by atoms with Crippen LogP contribution in [0.5, 0.6) is 11.6 Å². The summed E-state index contributed by atoms with van der Waals surface area (Å²) in [6, 6.07) is 9.25. The van der Waals surface area contributed by atoms with Crippen LogP contribution in [0.15, 0.2) is 36.5 Å². The molecule has 1 aromatic heterocycles. The van der Waals surface area contributed by atoms with E-state index in [4.69, 9.17) is 4.74 Å². The Kier molecular flexibility index (Phi) is 5.32. The molecule has 2 aliphatic carbocycles. The first-order valence-corrected chi connectivity index (χ1v) is 10.5. The Labute approximate surface area is 172 Å². The molecule has 0 spiro atoms. The van der Waals surface area contributed by atoms with E-state index in [1.54, 1.807) is 14.1 Å². The van der Waals surface area contributed by atoms with Crippen molar-refractivity contribution in [3.05, 3.63) is 53.5 Å². The third-order valence-electron chi connectivity index (χ3n) is 7.06. The molecule has 2 fully saturated rings. The van der Waals surface area contributed by atoms with E-state index in [1.165, 1.54) is 61.3 Å². The second-order valence-electron chi connectivity index (χ2n) is 8.88. The number of rotatable bonds is 4. The van der Waals surface area contributed by atoms with E-state index < -0.39 is 5.82 Å². The molecule has 2 aliphatic rings. The van der Waals surface area contributed by atoms with Gasteiger partial charge in [-0.25, -0.2) is 9.37 Å². The highest BCUT2D eigenvalue weighted by Gasteiger charge is 2.46. The van der Waals surface area contributed by atoms with Crippen LogP contribution in [0.25, 0.3) is 0 Å². The molecule has 2 bridgehead atoms. The van der Waals surface area contributed by atoms with Gasteiger partial charge in [0.05, 0.1) is 5.56 Å². The summed E-state index contributed by atoms with van der Waals surface area (Å²) in [7, 11) is 3.24. The van der Waals surface area contributed by atoms with E-state index in [-0.39, 0.29) is 22.8 Å². The lowest BCUT2D eigenvalue weighted by Gasteiger charge is -2.52. The molecule has 154 valence electrons. The summed E-state index contributed by atoms with van der Waals surface area (Å²) in [6.07, 6.45) is 9.32. The van der Waals surface area contributed by atoms with Crippen LogP contribution in [-0.2, 0) is 5.41 Å². The summed E-state index contributed by atoms with van der Waals surface area (Å²) in [6.45, 7) is 2.43. The van der Waals surface area contributed by atoms with Gasteiger partial charge in [0, 0.05) is 20.3 Å². The van der Waals surface area contributed by atoms with Gasteiger partial charge >= 0.3 is 0 Å². The predicted octanol–water partition coefficient (Wildman–Crippen LogP) is 5.57. The van der Waals surface area contributed by atoms with Crippen molar-refractivity contribution in [1.29, 1.82) is 0 Å². The smallest absolute Gasteiger partial charge is 0.255 e. The van der Waals surface area contributed by atoms with Gasteiger partial charge in [-0.2, -0.15) is 0 Å². The third kappa shape index (κ3) is 3.63. The van der Waals surface area contributed by atoms with Crippen molar-refractivity contribution >= 4 is 5.91 Å². The SMILES string of the molecule is CN(C)C(=O)c1cnc(Oc2ccc(C3(C)C4CCCC3CCC4)cc2)c(F)c1. The van der Waals surface area contributed by atoms with Crippen LogP contribution in [0.1, 0.15) is 61.4 Å². The Morgan fingerprint density at radius 3 is 2.21 bits per heavy atom. The van der Waals surface area contributed by atoms with Crippen LogP contribution in [0, 0.1) is 17.7 Å². The summed E-state index contributed by atoms with van der Waals surface area (Å²) < 4.78 is 20.1. The molecule has 2 aromatic rings. The fraction of sp³-hybridized carbons (Fsp3) is 0.500. The molecule has 0 N–H and O–H groups in total. The molecular weight excluding hydrogens is 367 g/mol. The summed E-state index contributed by atoms with van der Waals surface area (Å²) in [5, 5.41) is 0. The molecule has 1 amide bonds. The van der Waals surface area contributed by atoms with Crippen LogP contribution >= 0.6 is 0 Å². The van der Waals surface area contributed by atoms with E-state index in [0.29, 0.717) is 5.75 Å². The van der Waals surface area contributed by atoms with Gasteiger partial charge in [0.15, 0.2) is 5.82 Å². The second kappa shape index (κ2) is 7.77. The molecule has 0 atom stereocenters. The first-order chi connectivity index (χ1) is 13.9. The van der Waals surface area contributed by atoms with Crippen molar-refractivity contribution in [2.75, 3.05) is 14.1 Å². The highest BCUT2D eigenvalue weighted by Crippen LogP contribution is 2.54. The minimum atomic E-state index is -0.643. The van der Waals surface area contributed by atoms with Gasteiger partial charge in [0.1, 0.15) is 5.75 Å².